The molecule has 0 saturated carbocycles. The van der Waals surface area contributed by atoms with E-state index in [-0.39, 0.29) is 5.91 Å². The Labute approximate surface area is 107 Å². The molecule has 0 bridgehead atoms. The molecule has 3 rings (SSSR count). The van der Waals surface area contributed by atoms with Crippen LogP contribution in [0.5, 0.6) is 0 Å². The van der Waals surface area contributed by atoms with E-state index in [1.54, 1.807) is 0 Å². The van der Waals surface area contributed by atoms with Crippen LogP contribution in [0, 0.1) is 0 Å². The average Bonchev–Trinajstić information content (AvgIpc) is 2.81. The molecule has 2 heterocycles. The van der Waals surface area contributed by atoms with Crippen LogP contribution in [0.25, 0.3) is 10.9 Å². The third kappa shape index (κ3) is 1.80. The Kier molecular flexibility index (Phi) is 2.82. The normalized spacial score (nSPS) is 16.2. The summed E-state index contributed by atoms with van der Waals surface area (Å²) in [7, 11) is 2.00. The molecule has 3 heteroatoms. The fourth-order valence-electron chi connectivity index (χ4n) is 2.80. The summed E-state index contributed by atoms with van der Waals surface area (Å²) in [5, 5.41) is 1.14. The zero-order valence-corrected chi connectivity index (χ0v) is 10.7. The number of hydrogen-bond donors (Lipinski definition) is 0. The summed E-state index contributed by atoms with van der Waals surface area (Å²) in [5.41, 5.74) is 1.88. The second-order valence-corrected chi connectivity index (χ2v) is 5.02. The van der Waals surface area contributed by atoms with Crippen molar-refractivity contribution in [3.05, 3.63) is 36.0 Å². The van der Waals surface area contributed by atoms with Crippen LogP contribution in [-0.4, -0.2) is 28.5 Å². The standard InChI is InChI=1S/C15H18N2O/c1-16-11-8-12-6-5-7-13(14(12)16)15(18)17-9-3-2-4-10-17/h5-8,11H,2-4,9-10H2,1H3. The molecule has 1 aromatic carbocycles. The zero-order chi connectivity index (χ0) is 12.5. The van der Waals surface area contributed by atoms with Crippen LogP contribution in [0.4, 0.5) is 0 Å². The van der Waals surface area contributed by atoms with E-state index >= 15 is 0 Å². The molecule has 3 nitrogen and oxygen atoms in total. The quantitative estimate of drug-likeness (QED) is 0.755. The molecule has 0 aliphatic carbocycles. The number of likely N-dealkylation sites (tertiary alicyclic amines) is 1. The fraction of sp³-hybridized carbons (Fsp3) is 0.400. The van der Waals surface area contributed by atoms with Gasteiger partial charge in [-0.1, -0.05) is 12.1 Å². The lowest BCUT2D eigenvalue weighted by atomic mass is 10.1. The maximum atomic E-state index is 12.6. The summed E-state index contributed by atoms with van der Waals surface area (Å²) in [6, 6.07) is 8.03. The minimum Gasteiger partial charge on any atom is -0.350 e. The highest BCUT2D eigenvalue weighted by molar-refractivity contribution is 6.06. The molecule has 2 aromatic rings. The Morgan fingerprint density at radius 1 is 1.11 bits per heavy atom. The topological polar surface area (TPSA) is 25.2 Å². The molecule has 1 aromatic heterocycles. The number of aromatic nitrogens is 1. The largest absolute Gasteiger partial charge is 0.350 e. The number of nitrogens with zero attached hydrogens (tertiary/aromatic N) is 2. The van der Waals surface area contributed by atoms with E-state index in [1.165, 1.54) is 6.42 Å². The van der Waals surface area contributed by atoms with Crippen molar-refractivity contribution < 1.29 is 4.79 Å². The molecule has 1 aliphatic heterocycles. The molecule has 0 atom stereocenters. The number of piperidine rings is 1. The van der Waals surface area contributed by atoms with Gasteiger partial charge in [0.1, 0.15) is 0 Å². The first kappa shape index (κ1) is 11.3. The fourth-order valence-corrected chi connectivity index (χ4v) is 2.80. The van der Waals surface area contributed by atoms with Crippen molar-refractivity contribution in [2.24, 2.45) is 7.05 Å². The van der Waals surface area contributed by atoms with Gasteiger partial charge in [-0.15, -0.1) is 0 Å². The van der Waals surface area contributed by atoms with Gasteiger partial charge in [-0.05, 0) is 31.4 Å². The van der Waals surface area contributed by atoms with Gasteiger partial charge in [0, 0.05) is 31.7 Å². The van der Waals surface area contributed by atoms with E-state index in [1.807, 2.05) is 34.8 Å². The van der Waals surface area contributed by atoms with Gasteiger partial charge in [0.2, 0.25) is 0 Å². The monoisotopic (exact) mass is 242 g/mol. The van der Waals surface area contributed by atoms with Crippen molar-refractivity contribution in [2.75, 3.05) is 13.1 Å². The minimum absolute atomic E-state index is 0.183. The Balaban J connectivity index is 2.02. The van der Waals surface area contributed by atoms with Crippen molar-refractivity contribution in [2.45, 2.75) is 19.3 Å². The summed E-state index contributed by atoms with van der Waals surface area (Å²) in [5.74, 6) is 0.183. The van der Waals surface area contributed by atoms with Crippen LogP contribution < -0.4 is 0 Å². The van der Waals surface area contributed by atoms with Gasteiger partial charge in [-0.2, -0.15) is 0 Å². The third-order valence-electron chi connectivity index (χ3n) is 3.77. The number of hydrogen-bond acceptors (Lipinski definition) is 1. The van der Waals surface area contributed by atoms with Crippen LogP contribution in [-0.2, 0) is 7.05 Å². The van der Waals surface area contributed by atoms with E-state index in [9.17, 15) is 4.79 Å². The molecule has 0 unspecified atom stereocenters. The molecule has 18 heavy (non-hydrogen) atoms. The lowest BCUT2D eigenvalue weighted by molar-refractivity contribution is 0.0726. The van der Waals surface area contributed by atoms with Crippen molar-refractivity contribution in [3.63, 3.8) is 0 Å². The summed E-state index contributed by atoms with van der Waals surface area (Å²) in [4.78, 5) is 14.6. The second-order valence-electron chi connectivity index (χ2n) is 5.02. The van der Waals surface area contributed by atoms with Gasteiger partial charge in [-0.25, -0.2) is 0 Å². The molecule has 0 spiro atoms. The number of para-hydroxylation sites is 1. The zero-order valence-electron chi connectivity index (χ0n) is 10.7. The number of benzene rings is 1. The van der Waals surface area contributed by atoms with E-state index in [2.05, 4.69) is 12.1 Å². The van der Waals surface area contributed by atoms with Crippen molar-refractivity contribution in [1.29, 1.82) is 0 Å². The summed E-state index contributed by atoms with van der Waals surface area (Å²) >= 11 is 0. The maximum Gasteiger partial charge on any atom is 0.255 e. The van der Waals surface area contributed by atoms with Gasteiger partial charge >= 0.3 is 0 Å². The number of carbonyl (C=O) groups is 1. The van der Waals surface area contributed by atoms with Gasteiger partial charge in [-0.3, -0.25) is 4.79 Å². The lowest BCUT2D eigenvalue weighted by Gasteiger charge is -2.27. The number of carbonyl (C=O) groups excluding carboxylic acids is 1. The Bertz CT molecular complexity index is 579. The third-order valence-corrected chi connectivity index (χ3v) is 3.77. The Hall–Kier alpha value is -1.77. The summed E-state index contributed by atoms with van der Waals surface area (Å²) in [6.45, 7) is 1.80. The molecular weight excluding hydrogens is 224 g/mol. The van der Waals surface area contributed by atoms with Gasteiger partial charge in [0.15, 0.2) is 0 Å². The van der Waals surface area contributed by atoms with Crippen molar-refractivity contribution in [3.8, 4) is 0 Å². The SMILES string of the molecule is Cn1ccc2cccc(C(=O)N3CCCCC3)c21. The number of aryl methyl sites for hydroxylation is 1. The van der Waals surface area contributed by atoms with Gasteiger partial charge in [0.05, 0.1) is 11.1 Å². The number of fused-ring (bicyclic) bond motifs is 1. The molecule has 1 aliphatic rings. The predicted molar refractivity (Wildman–Crippen MR) is 72.7 cm³/mol. The van der Waals surface area contributed by atoms with Crippen molar-refractivity contribution in [1.82, 2.24) is 9.47 Å². The van der Waals surface area contributed by atoms with Crippen LogP contribution in [0.1, 0.15) is 29.6 Å². The van der Waals surface area contributed by atoms with Crippen LogP contribution in [0.3, 0.4) is 0 Å². The van der Waals surface area contributed by atoms with Crippen LogP contribution >= 0.6 is 0 Å². The Morgan fingerprint density at radius 3 is 2.67 bits per heavy atom. The van der Waals surface area contributed by atoms with Gasteiger partial charge in [0.25, 0.3) is 5.91 Å². The number of amides is 1. The predicted octanol–water partition coefficient (Wildman–Crippen LogP) is 2.80. The van der Waals surface area contributed by atoms with Crippen LogP contribution in [0.2, 0.25) is 0 Å². The Morgan fingerprint density at radius 2 is 1.89 bits per heavy atom. The van der Waals surface area contributed by atoms with Crippen LogP contribution in [0.15, 0.2) is 30.5 Å². The lowest BCUT2D eigenvalue weighted by Crippen LogP contribution is -2.35. The highest BCUT2D eigenvalue weighted by atomic mass is 16.2. The smallest absolute Gasteiger partial charge is 0.255 e. The van der Waals surface area contributed by atoms with Crippen molar-refractivity contribution >= 4 is 16.8 Å². The molecule has 94 valence electrons. The molecule has 1 fully saturated rings. The van der Waals surface area contributed by atoms with Gasteiger partial charge < -0.3 is 9.47 Å². The first-order chi connectivity index (χ1) is 8.77. The van der Waals surface area contributed by atoms with E-state index in [0.29, 0.717) is 0 Å². The average molecular weight is 242 g/mol. The first-order valence-corrected chi connectivity index (χ1v) is 6.61. The molecular formula is C15H18N2O. The molecule has 1 saturated heterocycles. The van der Waals surface area contributed by atoms with E-state index < -0.39 is 0 Å². The second kappa shape index (κ2) is 4.48. The maximum absolute atomic E-state index is 12.6. The first-order valence-electron chi connectivity index (χ1n) is 6.61. The molecule has 0 N–H and O–H groups in total. The summed E-state index contributed by atoms with van der Waals surface area (Å²) in [6.07, 6.45) is 5.53. The highest BCUT2D eigenvalue weighted by Crippen LogP contribution is 2.22. The minimum atomic E-state index is 0.183. The molecule has 0 radical (unpaired) electrons. The summed E-state index contributed by atoms with van der Waals surface area (Å²) < 4.78 is 2.03. The van der Waals surface area contributed by atoms with E-state index in [4.69, 9.17) is 0 Å². The molecule has 1 amide bonds. The van der Waals surface area contributed by atoms with E-state index in [0.717, 1.165) is 42.4 Å². The highest BCUT2D eigenvalue weighted by Gasteiger charge is 2.20. The number of rotatable bonds is 1.